The molecule has 0 aliphatic carbocycles. The van der Waals surface area contributed by atoms with Crippen molar-refractivity contribution in [1.29, 1.82) is 0 Å². The molecule has 0 fully saturated rings. The van der Waals surface area contributed by atoms with Gasteiger partial charge in [0.1, 0.15) is 11.7 Å². The van der Waals surface area contributed by atoms with E-state index in [1.54, 1.807) is 30.3 Å². The lowest BCUT2D eigenvalue weighted by atomic mass is 9.99. The molecular weight excluding hydrogens is 425 g/mol. The average molecular weight is 448 g/mol. The number of fused-ring (bicyclic) bond motifs is 1. The Balaban J connectivity index is 2.06. The molecule has 3 rings (SSSR count). The highest BCUT2D eigenvalue weighted by atomic mass is 35.5. The highest BCUT2D eigenvalue weighted by Gasteiger charge is 2.31. The third-order valence-electron chi connectivity index (χ3n) is 4.49. The van der Waals surface area contributed by atoms with Crippen LogP contribution in [0.2, 0.25) is 10.0 Å². The van der Waals surface area contributed by atoms with Crippen LogP contribution in [0.5, 0.6) is 0 Å². The minimum Gasteiger partial charge on any atom is -0.477 e. The lowest BCUT2D eigenvalue weighted by molar-refractivity contribution is -0.124. The molecule has 2 aromatic carbocycles. The third kappa shape index (κ3) is 5.14. The van der Waals surface area contributed by atoms with Crippen LogP contribution in [0.1, 0.15) is 48.4 Å². The first kappa shape index (κ1) is 22.2. The zero-order chi connectivity index (χ0) is 22.1. The van der Waals surface area contributed by atoms with E-state index in [2.05, 4.69) is 15.6 Å². The number of hydrogen-bond acceptors (Lipinski definition) is 3. The summed E-state index contributed by atoms with van der Waals surface area (Å²) in [6.45, 7) is 5.95. The molecule has 1 unspecified atom stereocenters. The quantitative estimate of drug-likeness (QED) is 0.431. The number of H-pyrrole nitrogens is 1. The van der Waals surface area contributed by atoms with Gasteiger partial charge in [-0.15, -0.1) is 0 Å². The summed E-state index contributed by atoms with van der Waals surface area (Å²) < 4.78 is 0. The number of rotatable bonds is 6. The standard InChI is InChI=1S/C22H23Cl2N3O3/c1-22(2,3)27-20(28)18(25-11-12-4-6-13(23)7-5-12)17-15-9-8-14(24)10-16(15)26-19(17)21(29)30/h4-10,18,25-26H,11H2,1-3H3,(H,27,28)(H,29,30). The van der Waals surface area contributed by atoms with Crippen LogP contribution in [0.3, 0.4) is 0 Å². The zero-order valence-corrected chi connectivity index (χ0v) is 18.4. The van der Waals surface area contributed by atoms with E-state index in [4.69, 9.17) is 23.2 Å². The van der Waals surface area contributed by atoms with Crippen molar-refractivity contribution in [3.05, 3.63) is 69.3 Å². The Hall–Kier alpha value is -2.54. The van der Waals surface area contributed by atoms with Crippen molar-refractivity contribution in [2.24, 2.45) is 0 Å². The van der Waals surface area contributed by atoms with Crippen LogP contribution in [0.4, 0.5) is 0 Å². The maximum Gasteiger partial charge on any atom is 0.352 e. The summed E-state index contributed by atoms with van der Waals surface area (Å²) in [5, 5.41) is 17.6. The molecule has 1 aromatic heterocycles. The smallest absolute Gasteiger partial charge is 0.352 e. The first-order chi connectivity index (χ1) is 14.0. The molecule has 158 valence electrons. The maximum absolute atomic E-state index is 13.2. The molecule has 0 radical (unpaired) electrons. The van der Waals surface area contributed by atoms with Gasteiger partial charge in [0.15, 0.2) is 0 Å². The fraction of sp³-hybridized carbons (Fsp3) is 0.273. The summed E-state index contributed by atoms with van der Waals surface area (Å²) in [7, 11) is 0. The number of carbonyl (C=O) groups is 2. The Bertz CT molecular complexity index is 1090. The van der Waals surface area contributed by atoms with Crippen LogP contribution in [0, 0.1) is 0 Å². The van der Waals surface area contributed by atoms with Gasteiger partial charge in [-0.3, -0.25) is 10.1 Å². The summed E-state index contributed by atoms with van der Waals surface area (Å²) in [5.74, 6) is -1.48. The first-order valence-electron chi connectivity index (χ1n) is 9.39. The molecule has 0 spiro atoms. The van der Waals surface area contributed by atoms with Gasteiger partial charge in [0.2, 0.25) is 5.91 Å². The second-order valence-electron chi connectivity index (χ2n) is 8.09. The van der Waals surface area contributed by atoms with E-state index < -0.39 is 17.6 Å². The number of aromatic nitrogens is 1. The maximum atomic E-state index is 13.2. The minimum absolute atomic E-state index is 0.0510. The van der Waals surface area contributed by atoms with Gasteiger partial charge in [0.25, 0.3) is 0 Å². The molecule has 4 N–H and O–H groups in total. The first-order valence-corrected chi connectivity index (χ1v) is 10.1. The van der Waals surface area contributed by atoms with E-state index in [0.29, 0.717) is 33.1 Å². The number of nitrogens with one attached hydrogen (secondary N) is 3. The molecule has 30 heavy (non-hydrogen) atoms. The molecule has 0 saturated heterocycles. The third-order valence-corrected chi connectivity index (χ3v) is 4.97. The molecule has 1 atom stereocenters. The molecule has 0 bridgehead atoms. The van der Waals surface area contributed by atoms with E-state index in [0.717, 1.165) is 5.56 Å². The fourth-order valence-corrected chi connectivity index (χ4v) is 3.55. The van der Waals surface area contributed by atoms with Crippen molar-refractivity contribution in [3.63, 3.8) is 0 Å². The van der Waals surface area contributed by atoms with Crippen LogP contribution < -0.4 is 10.6 Å². The summed E-state index contributed by atoms with van der Waals surface area (Å²) in [6.07, 6.45) is 0. The monoisotopic (exact) mass is 447 g/mol. The van der Waals surface area contributed by atoms with E-state index in [-0.39, 0.29) is 11.6 Å². The van der Waals surface area contributed by atoms with Crippen LogP contribution in [-0.4, -0.2) is 27.5 Å². The fourth-order valence-electron chi connectivity index (χ4n) is 3.25. The van der Waals surface area contributed by atoms with Crippen molar-refractivity contribution in [3.8, 4) is 0 Å². The second-order valence-corrected chi connectivity index (χ2v) is 8.96. The lowest BCUT2D eigenvalue weighted by Gasteiger charge is -2.26. The molecule has 1 heterocycles. The number of hydrogen-bond donors (Lipinski definition) is 4. The summed E-state index contributed by atoms with van der Waals surface area (Å²) in [6, 6.07) is 11.4. The second kappa shape index (κ2) is 8.68. The van der Waals surface area contributed by atoms with Gasteiger partial charge in [-0.05, 0) is 50.6 Å². The molecule has 8 heteroatoms. The summed E-state index contributed by atoms with van der Waals surface area (Å²) >= 11 is 12.0. The molecule has 6 nitrogen and oxygen atoms in total. The molecule has 0 saturated carbocycles. The molecule has 0 aliphatic rings. The van der Waals surface area contributed by atoms with Crippen molar-refractivity contribution in [1.82, 2.24) is 15.6 Å². The minimum atomic E-state index is -1.15. The van der Waals surface area contributed by atoms with E-state index >= 15 is 0 Å². The van der Waals surface area contributed by atoms with Gasteiger partial charge >= 0.3 is 5.97 Å². The number of carboxylic acids is 1. The van der Waals surface area contributed by atoms with Gasteiger partial charge in [-0.25, -0.2) is 4.79 Å². The Morgan fingerprint density at radius 3 is 2.30 bits per heavy atom. The van der Waals surface area contributed by atoms with Gasteiger partial charge in [-0.1, -0.05) is 41.4 Å². The van der Waals surface area contributed by atoms with Crippen LogP contribution in [0.25, 0.3) is 10.9 Å². The molecule has 3 aromatic rings. The Morgan fingerprint density at radius 2 is 1.70 bits per heavy atom. The summed E-state index contributed by atoms with van der Waals surface area (Å²) in [4.78, 5) is 28.0. The van der Waals surface area contributed by atoms with Crippen LogP contribution in [-0.2, 0) is 11.3 Å². The number of aromatic carboxylic acids is 1. The largest absolute Gasteiger partial charge is 0.477 e. The van der Waals surface area contributed by atoms with Gasteiger partial charge in [-0.2, -0.15) is 0 Å². The molecule has 0 aliphatic heterocycles. The Labute approximate surface area is 184 Å². The van der Waals surface area contributed by atoms with Crippen molar-refractivity contribution in [2.45, 2.75) is 38.9 Å². The van der Waals surface area contributed by atoms with Crippen molar-refractivity contribution >= 4 is 46.0 Å². The molecule has 1 amide bonds. The topological polar surface area (TPSA) is 94.2 Å². The molecular formula is C22H23Cl2N3O3. The van der Waals surface area contributed by atoms with Crippen LogP contribution in [0.15, 0.2) is 42.5 Å². The van der Waals surface area contributed by atoms with E-state index in [1.165, 1.54) is 0 Å². The van der Waals surface area contributed by atoms with Crippen LogP contribution >= 0.6 is 23.2 Å². The van der Waals surface area contributed by atoms with Crippen molar-refractivity contribution in [2.75, 3.05) is 0 Å². The highest BCUT2D eigenvalue weighted by molar-refractivity contribution is 6.31. The number of halogens is 2. The van der Waals surface area contributed by atoms with Crippen molar-refractivity contribution < 1.29 is 14.7 Å². The number of amides is 1. The van der Waals surface area contributed by atoms with Gasteiger partial charge in [0, 0.05) is 38.6 Å². The zero-order valence-electron chi connectivity index (χ0n) is 16.8. The van der Waals surface area contributed by atoms with Gasteiger partial charge in [0.05, 0.1) is 0 Å². The summed E-state index contributed by atoms with van der Waals surface area (Å²) in [5.41, 5.74) is 1.29. The Kier molecular flexibility index (Phi) is 6.41. The normalized spacial score (nSPS) is 12.7. The number of benzene rings is 2. The van der Waals surface area contributed by atoms with E-state index in [9.17, 15) is 14.7 Å². The number of carboxylic acid groups (broad SMARTS) is 1. The van der Waals surface area contributed by atoms with E-state index in [1.807, 2.05) is 32.9 Å². The SMILES string of the molecule is CC(C)(C)NC(=O)C(NCc1ccc(Cl)cc1)c1c(C(=O)O)[nH]c2cc(Cl)ccc12. The number of aromatic amines is 1. The predicted octanol–water partition coefficient (Wildman–Crippen LogP) is 4.92. The lowest BCUT2D eigenvalue weighted by Crippen LogP contribution is -2.46. The van der Waals surface area contributed by atoms with Gasteiger partial charge < -0.3 is 15.4 Å². The predicted molar refractivity (Wildman–Crippen MR) is 119 cm³/mol. The average Bonchev–Trinajstić information content (AvgIpc) is 3.00. The highest BCUT2D eigenvalue weighted by Crippen LogP contribution is 2.31. The Morgan fingerprint density at radius 1 is 1.07 bits per heavy atom. The number of carbonyl (C=O) groups excluding carboxylic acids is 1.